The summed E-state index contributed by atoms with van der Waals surface area (Å²) in [7, 11) is 0. The maximum atomic E-state index is 15.2. The monoisotopic (exact) mass is 610 g/mol. The molecule has 2 aromatic rings. The molecule has 2 atom stereocenters. The minimum atomic E-state index is -1.09. The number of carbonyl (C=O) groups excluding carboxylic acids is 4. The zero-order chi connectivity index (χ0) is 29.5. The first-order valence-electron chi connectivity index (χ1n) is 12.8. The summed E-state index contributed by atoms with van der Waals surface area (Å²) in [5.41, 5.74) is 0.285. The number of morpholine rings is 1. The van der Waals surface area contributed by atoms with Gasteiger partial charge < -0.3 is 34.5 Å². The number of hydrogen-bond donors (Lipinski definition) is 2. The van der Waals surface area contributed by atoms with Crippen LogP contribution in [0.2, 0.25) is 4.34 Å². The Labute approximate surface area is 243 Å². The molecule has 12 nitrogen and oxygen atoms in total. The molecule has 3 heterocycles. The Morgan fingerprint density at radius 2 is 2.07 bits per heavy atom. The molecule has 4 rings (SSSR count). The first-order valence-corrected chi connectivity index (χ1v) is 14.0. The van der Waals surface area contributed by atoms with Crippen LogP contribution in [0.4, 0.5) is 20.6 Å². The predicted octanol–water partition coefficient (Wildman–Crippen LogP) is 2.39. The lowest BCUT2D eigenvalue weighted by Gasteiger charge is -2.33. The second kappa shape index (κ2) is 13.9. The fourth-order valence-corrected chi connectivity index (χ4v) is 5.65. The van der Waals surface area contributed by atoms with Crippen LogP contribution in [0.1, 0.15) is 22.5 Å². The maximum Gasteiger partial charge on any atom is 0.414 e. The minimum Gasteiger partial charge on any atom is -0.480 e. The number of benzene rings is 1. The van der Waals surface area contributed by atoms with Crippen LogP contribution in [0.3, 0.4) is 0 Å². The lowest BCUT2D eigenvalue weighted by Crippen LogP contribution is -2.50. The number of carboxylic acids is 1. The van der Waals surface area contributed by atoms with E-state index in [0.717, 1.165) is 16.2 Å². The summed E-state index contributed by atoms with van der Waals surface area (Å²) in [6.07, 6.45) is -0.650. The van der Waals surface area contributed by atoms with Gasteiger partial charge in [0.05, 0.1) is 41.1 Å². The van der Waals surface area contributed by atoms with Crippen molar-refractivity contribution in [3.63, 3.8) is 0 Å². The van der Waals surface area contributed by atoms with Gasteiger partial charge in [-0.1, -0.05) is 11.6 Å². The molecule has 2 aliphatic rings. The number of hydrogen-bond acceptors (Lipinski definition) is 9. The summed E-state index contributed by atoms with van der Waals surface area (Å²) in [6.45, 7) is 0.0171. The fourth-order valence-electron chi connectivity index (χ4n) is 4.65. The summed E-state index contributed by atoms with van der Waals surface area (Å²) in [5, 5.41) is 11.8. The largest absolute Gasteiger partial charge is 0.480 e. The Balaban J connectivity index is 1.53. The van der Waals surface area contributed by atoms with Crippen molar-refractivity contribution in [3.05, 3.63) is 45.4 Å². The second-order valence-electron chi connectivity index (χ2n) is 9.33. The highest BCUT2D eigenvalue weighted by molar-refractivity contribution is 7.18. The highest BCUT2D eigenvalue weighted by Gasteiger charge is 2.38. The Morgan fingerprint density at radius 1 is 1.27 bits per heavy atom. The molecule has 220 valence electrons. The summed E-state index contributed by atoms with van der Waals surface area (Å²) in [5.74, 6) is -2.56. The third-order valence-electron chi connectivity index (χ3n) is 6.55. The van der Waals surface area contributed by atoms with Crippen LogP contribution in [0, 0.1) is 5.82 Å². The van der Waals surface area contributed by atoms with E-state index in [1.54, 1.807) is 12.1 Å². The lowest BCUT2D eigenvalue weighted by atomic mass is 10.1. The molecule has 0 saturated carbocycles. The summed E-state index contributed by atoms with van der Waals surface area (Å²) < 4.78 is 26.2. The van der Waals surface area contributed by atoms with Gasteiger partial charge in [-0.05, 0) is 36.8 Å². The fraction of sp³-hybridized carbons (Fsp3) is 0.423. The standard InChI is InChI=1S/C26H28ClFN4O8S/c27-22-6-5-21(41-22)25(37)31(17(2-1-8-33)11-29-12-24(35)36)13-18-14-32(26(38)40-18)20-4-3-16(10-19(20)28)30-7-9-39-15-23(30)34/h3-6,8,10,17-18,29H,1-2,7,9,11-15H2,(H,35,36)/t17?,18-/m0/s1. The van der Waals surface area contributed by atoms with Gasteiger partial charge in [0.25, 0.3) is 11.8 Å². The smallest absolute Gasteiger partial charge is 0.414 e. The van der Waals surface area contributed by atoms with Gasteiger partial charge in [0.2, 0.25) is 0 Å². The molecule has 2 fully saturated rings. The molecule has 1 aromatic carbocycles. The van der Waals surface area contributed by atoms with Crippen molar-refractivity contribution in [2.45, 2.75) is 25.0 Å². The average Bonchev–Trinajstić information content (AvgIpc) is 3.54. The second-order valence-corrected chi connectivity index (χ2v) is 11.0. The maximum absolute atomic E-state index is 15.2. The van der Waals surface area contributed by atoms with E-state index in [2.05, 4.69) is 5.32 Å². The summed E-state index contributed by atoms with van der Waals surface area (Å²) in [4.78, 5) is 64.9. The number of carbonyl (C=O) groups is 5. The number of ether oxygens (including phenoxy) is 2. The summed E-state index contributed by atoms with van der Waals surface area (Å²) >= 11 is 7.09. The molecular formula is C26H28ClFN4O8S. The van der Waals surface area contributed by atoms with Gasteiger partial charge in [-0.2, -0.15) is 0 Å². The molecule has 3 amide bonds. The zero-order valence-corrected chi connectivity index (χ0v) is 23.4. The number of nitrogens with one attached hydrogen (secondary N) is 1. The van der Waals surface area contributed by atoms with E-state index >= 15 is 4.39 Å². The highest BCUT2D eigenvalue weighted by Crippen LogP contribution is 2.30. The number of aliphatic carboxylic acids is 1. The highest BCUT2D eigenvalue weighted by atomic mass is 35.5. The van der Waals surface area contributed by atoms with Crippen molar-refractivity contribution in [1.29, 1.82) is 0 Å². The predicted molar refractivity (Wildman–Crippen MR) is 147 cm³/mol. The molecule has 0 spiro atoms. The Bertz CT molecular complexity index is 1310. The number of carboxylic acid groups (broad SMARTS) is 1. The van der Waals surface area contributed by atoms with Crippen LogP contribution >= 0.6 is 22.9 Å². The van der Waals surface area contributed by atoms with E-state index in [4.69, 9.17) is 26.2 Å². The van der Waals surface area contributed by atoms with Gasteiger partial charge in [0.1, 0.15) is 24.8 Å². The van der Waals surface area contributed by atoms with Gasteiger partial charge in [-0.25, -0.2) is 9.18 Å². The van der Waals surface area contributed by atoms with Gasteiger partial charge in [-0.3, -0.25) is 19.3 Å². The topological polar surface area (TPSA) is 146 Å². The number of amides is 3. The molecule has 0 aliphatic carbocycles. The number of anilines is 2. The van der Waals surface area contributed by atoms with Gasteiger partial charge in [0, 0.05) is 31.2 Å². The number of aldehydes is 1. The van der Waals surface area contributed by atoms with Crippen molar-refractivity contribution in [2.75, 3.05) is 55.7 Å². The molecule has 2 saturated heterocycles. The zero-order valence-electron chi connectivity index (χ0n) is 21.8. The number of thiophene rings is 1. The van der Waals surface area contributed by atoms with Crippen molar-refractivity contribution in [2.24, 2.45) is 0 Å². The molecule has 1 aromatic heterocycles. The van der Waals surface area contributed by atoms with Crippen LogP contribution in [-0.2, 0) is 23.9 Å². The van der Waals surface area contributed by atoms with Gasteiger partial charge in [0.15, 0.2) is 0 Å². The molecule has 2 N–H and O–H groups in total. The van der Waals surface area contributed by atoms with Crippen LogP contribution in [0.25, 0.3) is 0 Å². The molecule has 1 unspecified atom stereocenters. The van der Waals surface area contributed by atoms with E-state index < -0.39 is 35.9 Å². The molecular weight excluding hydrogens is 583 g/mol. The third-order valence-corrected chi connectivity index (χ3v) is 7.77. The number of halogens is 2. The first kappa shape index (κ1) is 30.4. The van der Waals surface area contributed by atoms with E-state index in [9.17, 15) is 24.0 Å². The normalized spacial score (nSPS) is 17.9. The van der Waals surface area contributed by atoms with Crippen LogP contribution in [-0.4, -0.2) is 98.3 Å². The van der Waals surface area contributed by atoms with E-state index in [0.29, 0.717) is 27.8 Å². The van der Waals surface area contributed by atoms with E-state index in [1.807, 2.05) is 0 Å². The number of rotatable bonds is 13. The average molecular weight is 611 g/mol. The molecule has 0 radical (unpaired) electrons. The van der Waals surface area contributed by atoms with Gasteiger partial charge in [-0.15, -0.1) is 11.3 Å². The van der Waals surface area contributed by atoms with Crippen molar-refractivity contribution < 1.29 is 42.9 Å². The molecule has 41 heavy (non-hydrogen) atoms. The Hall–Kier alpha value is -3.59. The minimum absolute atomic E-state index is 0.0505. The number of nitrogens with zero attached hydrogens (tertiary/aromatic N) is 3. The van der Waals surface area contributed by atoms with E-state index in [1.165, 1.54) is 28.0 Å². The summed E-state index contributed by atoms with van der Waals surface area (Å²) in [6, 6.07) is 6.57. The quantitative estimate of drug-likeness (QED) is 0.326. The van der Waals surface area contributed by atoms with Crippen molar-refractivity contribution in [3.8, 4) is 0 Å². The third kappa shape index (κ3) is 7.58. The first-order chi connectivity index (χ1) is 19.7. The number of cyclic esters (lactones) is 1. The lowest BCUT2D eigenvalue weighted by molar-refractivity contribution is -0.136. The SMILES string of the molecule is O=CCCC(CNCC(=O)O)N(C[C@H]1CN(c2ccc(N3CCOCC3=O)cc2F)C(=O)O1)C(=O)c1ccc(Cl)s1. The Kier molecular flexibility index (Phi) is 10.3. The van der Waals surface area contributed by atoms with Crippen LogP contribution in [0.15, 0.2) is 30.3 Å². The van der Waals surface area contributed by atoms with Crippen molar-refractivity contribution in [1.82, 2.24) is 10.2 Å². The molecule has 0 bridgehead atoms. The molecule has 2 aliphatic heterocycles. The Morgan fingerprint density at radius 3 is 2.73 bits per heavy atom. The van der Waals surface area contributed by atoms with Crippen molar-refractivity contribution >= 4 is 64.5 Å². The molecule has 15 heteroatoms. The van der Waals surface area contributed by atoms with E-state index in [-0.39, 0.29) is 63.8 Å². The van der Waals surface area contributed by atoms with Crippen LogP contribution in [0.5, 0.6) is 0 Å². The van der Waals surface area contributed by atoms with Gasteiger partial charge >= 0.3 is 12.1 Å². The van der Waals surface area contributed by atoms with Crippen LogP contribution < -0.4 is 15.1 Å².